The third-order valence-corrected chi connectivity index (χ3v) is 7.07. The monoisotopic (exact) mass is 544 g/mol. The number of rotatable bonds is 0. The van der Waals surface area contributed by atoms with Gasteiger partial charge in [-0.05, 0) is 60.7 Å². The molecular formula is C28H24N4O8. The van der Waals surface area contributed by atoms with Gasteiger partial charge in [0.25, 0.3) is 0 Å². The molecule has 40 heavy (non-hydrogen) atoms. The van der Waals surface area contributed by atoms with Crippen molar-refractivity contribution in [3.63, 3.8) is 0 Å². The zero-order chi connectivity index (χ0) is 28.3. The van der Waals surface area contributed by atoms with E-state index in [4.69, 9.17) is 0 Å². The first-order chi connectivity index (χ1) is 19.1. The topological polar surface area (TPSA) is 212 Å². The fraction of sp³-hybridized carbons (Fsp3) is 0.214. The first-order valence-electron chi connectivity index (χ1n) is 12.4. The molecule has 6 heterocycles. The number of aromatic nitrogens is 1. The number of carbonyl (C=O) groups excluding carboxylic acids is 1. The van der Waals surface area contributed by atoms with Crippen LogP contribution in [0.5, 0.6) is 0 Å². The standard InChI is InChI=1S/C28H24N4O8/c33-21-19-15-5-3-13(30-15)9-11-1-2-12(29-11)10-14-4-6-16(31-14)20(18-8-7-17(19)32-18)22(34)24(36)26(38)28(40)27(39)25(37)23(21)35/h1-10,23-29,33,35-40H. The Morgan fingerprint density at radius 2 is 1.10 bits per heavy atom. The van der Waals surface area contributed by atoms with Gasteiger partial charge in [-0.2, -0.15) is 0 Å². The lowest BCUT2D eigenvalue weighted by molar-refractivity contribution is -0.159. The Bertz CT molecular complexity index is 1630. The third-order valence-electron chi connectivity index (χ3n) is 7.07. The lowest BCUT2D eigenvalue weighted by atomic mass is 9.89. The van der Waals surface area contributed by atoms with Crippen LogP contribution in [0.4, 0.5) is 0 Å². The number of aliphatic hydroxyl groups is 7. The predicted octanol–water partition coefficient (Wildman–Crippen LogP) is -0.443. The average Bonchev–Trinajstić information content (AvgIpc) is 3.76. The summed E-state index contributed by atoms with van der Waals surface area (Å²) in [6, 6.07) is 3.63. The van der Waals surface area contributed by atoms with Gasteiger partial charge in [0.15, 0.2) is 5.78 Å². The molecule has 10 bridgehead atoms. The number of ketones is 1. The summed E-state index contributed by atoms with van der Waals surface area (Å²) in [5, 5.41) is 75.0. The second-order valence-electron chi connectivity index (χ2n) is 9.74. The van der Waals surface area contributed by atoms with E-state index in [1.54, 1.807) is 30.4 Å². The summed E-state index contributed by atoms with van der Waals surface area (Å²) in [7, 11) is 0. The van der Waals surface area contributed by atoms with Crippen molar-refractivity contribution in [2.24, 2.45) is 15.0 Å². The van der Waals surface area contributed by atoms with Crippen LogP contribution < -0.4 is 0 Å². The minimum absolute atomic E-state index is 0.0121. The Labute approximate surface area is 226 Å². The van der Waals surface area contributed by atoms with E-state index in [0.717, 1.165) is 0 Å². The molecule has 12 nitrogen and oxygen atoms in total. The van der Waals surface area contributed by atoms with Crippen molar-refractivity contribution in [3.05, 3.63) is 94.0 Å². The first kappa shape index (κ1) is 26.0. The number of aliphatic hydroxyl groups excluding tert-OH is 7. The van der Waals surface area contributed by atoms with Gasteiger partial charge in [0.1, 0.15) is 42.4 Å². The van der Waals surface area contributed by atoms with E-state index in [1.807, 2.05) is 12.1 Å². The summed E-state index contributed by atoms with van der Waals surface area (Å²) in [4.78, 5) is 30.3. The van der Waals surface area contributed by atoms with Crippen molar-refractivity contribution in [2.75, 3.05) is 0 Å². The molecule has 1 aromatic rings. The Hall–Kier alpha value is -4.30. The van der Waals surface area contributed by atoms with Crippen LogP contribution in [0.3, 0.4) is 0 Å². The van der Waals surface area contributed by atoms with E-state index in [9.17, 15) is 40.5 Å². The van der Waals surface area contributed by atoms with Crippen molar-refractivity contribution >= 4 is 35.1 Å². The fourth-order valence-corrected chi connectivity index (χ4v) is 4.92. The minimum Gasteiger partial charge on any atom is -0.509 e. The van der Waals surface area contributed by atoms with Crippen LogP contribution in [-0.4, -0.2) is 100 Å². The number of aromatic amines is 1. The van der Waals surface area contributed by atoms with E-state index >= 15 is 0 Å². The van der Waals surface area contributed by atoms with Crippen molar-refractivity contribution < 1.29 is 40.5 Å². The number of nitrogens with zero attached hydrogens (tertiary/aromatic N) is 3. The molecular weight excluding hydrogens is 520 g/mol. The van der Waals surface area contributed by atoms with Crippen molar-refractivity contribution in [3.8, 4) is 0 Å². The van der Waals surface area contributed by atoms with Gasteiger partial charge in [-0.15, -0.1) is 0 Å². The molecule has 0 saturated heterocycles. The smallest absolute Gasteiger partial charge is 0.198 e. The van der Waals surface area contributed by atoms with Gasteiger partial charge in [0.2, 0.25) is 0 Å². The van der Waals surface area contributed by atoms with Crippen LogP contribution >= 0.6 is 0 Å². The molecule has 5 aliphatic rings. The van der Waals surface area contributed by atoms with Crippen molar-refractivity contribution in [2.45, 2.75) is 36.6 Å². The molecule has 1 aromatic heterocycles. The summed E-state index contributed by atoms with van der Waals surface area (Å²) < 4.78 is 0. The summed E-state index contributed by atoms with van der Waals surface area (Å²) in [5.41, 5.74) is 2.34. The van der Waals surface area contributed by atoms with E-state index in [0.29, 0.717) is 22.8 Å². The SMILES string of the molecule is O=C1C2=C3C=CC(=N3)C(=C(O)C(O)C(O)C(O)C(O)C(O)C1O)C1=NC(=Cc3ccc([nH]3)C=C3C=CC2=N3)C=C1. The number of nitrogens with one attached hydrogen (secondary N) is 1. The number of carbonyl (C=O) groups is 1. The number of H-pyrrole nitrogens is 1. The van der Waals surface area contributed by atoms with Gasteiger partial charge in [-0.3, -0.25) is 4.79 Å². The van der Waals surface area contributed by atoms with Crippen molar-refractivity contribution in [1.82, 2.24) is 4.98 Å². The maximum atomic E-state index is 13.6. The fourth-order valence-electron chi connectivity index (χ4n) is 4.92. The minimum atomic E-state index is -2.30. The second kappa shape index (κ2) is 9.71. The number of fused-ring (bicyclic) bond motifs is 6. The maximum Gasteiger partial charge on any atom is 0.198 e. The van der Waals surface area contributed by atoms with E-state index in [1.165, 1.54) is 18.2 Å². The van der Waals surface area contributed by atoms with Gasteiger partial charge in [0, 0.05) is 11.4 Å². The highest BCUT2D eigenvalue weighted by atomic mass is 16.4. The average molecular weight is 545 g/mol. The number of Topliss-reactive ketones (excluding diaryl/α,β-unsaturated/α-hetero) is 1. The molecule has 0 amide bonds. The molecule has 0 radical (unpaired) electrons. The highest BCUT2D eigenvalue weighted by Gasteiger charge is 2.43. The summed E-state index contributed by atoms with van der Waals surface area (Å²) >= 11 is 0. The Balaban J connectivity index is 1.66. The second-order valence-corrected chi connectivity index (χ2v) is 9.74. The van der Waals surface area contributed by atoms with Gasteiger partial charge in [-0.25, -0.2) is 15.0 Å². The Kier molecular flexibility index (Phi) is 6.30. The van der Waals surface area contributed by atoms with Gasteiger partial charge in [-0.1, -0.05) is 0 Å². The zero-order valence-corrected chi connectivity index (χ0v) is 20.6. The normalized spacial score (nSPS) is 31.6. The van der Waals surface area contributed by atoms with E-state index < -0.39 is 48.2 Å². The number of hydrogen-bond acceptors (Lipinski definition) is 11. The molecule has 6 atom stereocenters. The van der Waals surface area contributed by atoms with Crippen LogP contribution in [-0.2, 0) is 4.79 Å². The largest absolute Gasteiger partial charge is 0.509 e. The molecule has 0 fully saturated rings. The highest BCUT2D eigenvalue weighted by molar-refractivity contribution is 6.35. The Morgan fingerprint density at radius 3 is 1.70 bits per heavy atom. The summed E-state index contributed by atoms with van der Waals surface area (Å²) in [5.74, 6) is -1.90. The molecule has 0 aromatic carbocycles. The van der Waals surface area contributed by atoms with Crippen LogP contribution in [0.15, 0.2) is 97.6 Å². The molecule has 6 unspecified atom stereocenters. The number of allylic oxidation sites excluding steroid dienone is 7. The predicted molar refractivity (Wildman–Crippen MR) is 144 cm³/mol. The molecule has 6 rings (SSSR count). The van der Waals surface area contributed by atoms with E-state index in [2.05, 4.69) is 20.0 Å². The van der Waals surface area contributed by atoms with Gasteiger partial charge >= 0.3 is 0 Å². The van der Waals surface area contributed by atoms with Crippen LogP contribution in [0, 0.1) is 0 Å². The maximum absolute atomic E-state index is 13.6. The molecule has 12 heteroatoms. The highest BCUT2D eigenvalue weighted by Crippen LogP contribution is 2.30. The summed E-state index contributed by atoms with van der Waals surface area (Å²) in [6.07, 6.45) is -0.856. The number of hydrogen-bond donors (Lipinski definition) is 8. The molecule has 5 aliphatic heterocycles. The molecule has 204 valence electrons. The third kappa shape index (κ3) is 4.29. The number of aliphatic imine (C=N–C) groups is 3. The van der Waals surface area contributed by atoms with Crippen LogP contribution in [0.1, 0.15) is 11.4 Å². The summed E-state index contributed by atoms with van der Waals surface area (Å²) in [6.45, 7) is 0. The van der Waals surface area contributed by atoms with E-state index in [-0.39, 0.29) is 34.0 Å². The van der Waals surface area contributed by atoms with Crippen LogP contribution in [0.25, 0.3) is 12.2 Å². The van der Waals surface area contributed by atoms with Crippen LogP contribution in [0.2, 0.25) is 0 Å². The van der Waals surface area contributed by atoms with Gasteiger partial charge < -0.3 is 40.7 Å². The lowest BCUT2D eigenvalue weighted by Crippen LogP contribution is -2.54. The molecule has 8 N–H and O–H groups in total. The zero-order valence-electron chi connectivity index (χ0n) is 20.6. The Morgan fingerprint density at radius 1 is 0.600 bits per heavy atom. The first-order valence-corrected chi connectivity index (χ1v) is 12.4. The molecule has 0 saturated carbocycles. The lowest BCUT2D eigenvalue weighted by Gasteiger charge is -2.31. The molecule has 0 spiro atoms. The molecule has 0 aliphatic carbocycles. The van der Waals surface area contributed by atoms with Crippen molar-refractivity contribution in [1.29, 1.82) is 0 Å². The van der Waals surface area contributed by atoms with Gasteiger partial charge in [0.05, 0.1) is 45.4 Å². The quantitative estimate of drug-likeness (QED) is 0.214.